The molecular weight excluding hydrogens is 300 g/mol. The largest absolute Gasteiger partial charge is 0.326 e. The van der Waals surface area contributed by atoms with E-state index < -0.39 is 0 Å². The minimum Gasteiger partial charge on any atom is -0.326 e. The number of rotatable bonds is 8. The Hall–Kier alpha value is -2.46. The van der Waals surface area contributed by atoms with Crippen molar-refractivity contribution < 1.29 is 9.59 Å². The van der Waals surface area contributed by atoms with E-state index >= 15 is 0 Å². The zero-order valence-corrected chi connectivity index (χ0v) is 14.3. The molecule has 4 heteroatoms. The molecule has 0 saturated heterocycles. The lowest BCUT2D eigenvalue weighted by atomic mass is 10.1. The predicted molar refractivity (Wildman–Crippen MR) is 97.1 cm³/mol. The van der Waals surface area contributed by atoms with E-state index in [-0.39, 0.29) is 11.7 Å². The second-order valence-electron chi connectivity index (χ2n) is 5.79. The number of carbonyl (C=O) groups is 2. The Labute approximate surface area is 143 Å². The molecule has 24 heavy (non-hydrogen) atoms. The predicted octanol–water partition coefficient (Wildman–Crippen LogP) is 3.74. The van der Waals surface area contributed by atoms with E-state index in [0.717, 1.165) is 18.8 Å². The molecule has 0 saturated carbocycles. The molecule has 1 N–H and O–H groups in total. The lowest BCUT2D eigenvalue weighted by Crippen LogP contribution is -2.27. The summed E-state index contributed by atoms with van der Waals surface area (Å²) in [6.07, 6.45) is 0.440. The van der Waals surface area contributed by atoms with Crippen molar-refractivity contribution in [3.8, 4) is 0 Å². The van der Waals surface area contributed by atoms with Crippen LogP contribution in [-0.2, 0) is 11.3 Å². The van der Waals surface area contributed by atoms with Gasteiger partial charge in [-0.2, -0.15) is 0 Å². The highest BCUT2D eigenvalue weighted by molar-refractivity contribution is 5.95. The second kappa shape index (κ2) is 8.99. The van der Waals surface area contributed by atoms with E-state index in [1.54, 1.807) is 24.3 Å². The molecular formula is C20H24N2O2. The summed E-state index contributed by atoms with van der Waals surface area (Å²) in [7, 11) is 0. The lowest BCUT2D eigenvalue weighted by Gasteiger charge is -2.20. The summed E-state index contributed by atoms with van der Waals surface area (Å²) in [4.78, 5) is 25.6. The van der Waals surface area contributed by atoms with Gasteiger partial charge in [0.2, 0.25) is 5.91 Å². The maximum atomic E-state index is 12.1. The molecule has 4 nitrogen and oxygen atoms in total. The van der Waals surface area contributed by atoms with Crippen molar-refractivity contribution in [3.05, 3.63) is 65.7 Å². The maximum Gasteiger partial charge on any atom is 0.225 e. The summed E-state index contributed by atoms with van der Waals surface area (Å²) in [6, 6.07) is 17.2. The molecule has 0 spiro atoms. The van der Waals surface area contributed by atoms with Crippen LogP contribution >= 0.6 is 0 Å². The minimum atomic E-state index is -0.0166. The first kappa shape index (κ1) is 17.9. The number of amides is 1. The number of carbonyl (C=O) groups excluding carboxylic acids is 2. The molecule has 0 aliphatic rings. The standard InChI is InChI=1S/C20H24N2O2/c1-3-22(15-17-7-5-4-6-8-17)14-13-20(24)21-19-11-9-18(10-12-19)16(2)23/h4-12H,3,13-15H2,1-2H3,(H,21,24). The van der Waals surface area contributed by atoms with E-state index in [2.05, 4.69) is 29.3 Å². The monoisotopic (exact) mass is 324 g/mol. The molecule has 2 aromatic rings. The van der Waals surface area contributed by atoms with Gasteiger partial charge in [0.15, 0.2) is 5.78 Å². The van der Waals surface area contributed by atoms with Crippen LogP contribution in [0.5, 0.6) is 0 Å². The lowest BCUT2D eigenvalue weighted by molar-refractivity contribution is -0.116. The number of benzene rings is 2. The third-order valence-corrected chi connectivity index (χ3v) is 3.93. The number of anilines is 1. The average Bonchev–Trinajstić information content (AvgIpc) is 2.60. The van der Waals surface area contributed by atoms with Gasteiger partial charge in [0.05, 0.1) is 0 Å². The van der Waals surface area contributed by atoms with Crippen LogP contribution in [-0.4, -0.2) is 29.7 Å². The average molecular weight is 324 g/mol. The molecule has 0 unspecified atom stereocenters. The fourth-order valence-electron chi connectivity index (χ4n) is 2.46. The Morgan fingerprint density at radius 3 is 2.25 bits per heavy atom. The van der Waals surface area contributed by atoms with Crippen molar-refractivity contribution in [2.24, 2.45) is 0 Å². The van der Waals surface area contributed by atoms with Crippen molar-refractivity contribution in [3.63, 3.8) is 0 Å². The highest BCUT2D eigenvalue weighted by Crippen LogP contribution is 2.11. The third kappa shape index (κ3) is 5.63. The Balaban J connectivity index is 1.81. The van der Waals surface area contributed by atoms with Gasteiger partial charge >= 0.3 is 0 Å². The van der Waals surface area contributed by atoms with E-state index in [0.29, 0.717) is 18.5 Å². The number of ketones is 1. The quantitative estimate of drug-likeness (QED) is 0.753. The Kier molecular flexibility index (Phi) is 6.70. The first-order valence-corrected chi connectivity index (χ1v) is 8.25. The van der Waals surface area contributed by atoms with Gasteiger partial charge in [0.1, 0.15) is 0 Å². The molecule has 0 fully saturated rings. The van der Waals surface area contributed by atoms with E-state index in [4.69, 9.17) is 0 Å². The summed E-state index contributed by atoms with van der Waals surface area (Å²) >= 11 is 0. The summed E-state index contributed by atoms with van der Waals surface area (Å²) < 4.78 is 0. The van der Waals surface area contributed by atoms with Gasteiger partial charge < -0.3 is 5.32 Å². The molecule has 0 aliphatic heterocycles. The van der Waals surface area contributed by atoms with Gasteiger partial charge in [-0.05, 0) is 43.3 Å². The highest BCUT2D eigenvalue weighted by atomic mass is 16.1. The molecule has 0 aromatic heterocycles. The van der Waals surface area contributed by atoms with Gasteiger partial charge in [0, 0.05) is 30.8 Å². The first-order valence-electron chi connectivity index (χ1n) is 8.25. The normalized spacial score (nSPS) is 10.6. The molecule has 0 atom stereocenters. The molecule has 0 aliphatic carbocycles. The van der Waals surface area contributed by atoms with Gasteiger partial charge in [-0.1, -0.05) is 37.3 Å². The summed E-state index contributed by atoms with van der Waals surface area (Å²) in [5, 5.41) is 2.87. The van der Waals surface area contributed by atoms with Crippen molar-refractivity contribution in [2.75, 3.05) is 18.4 Å². The number of hydrogen-bond acceptors (Lipinski definition) is 3. The molecule has 0 radical (unpaired) electrons. The molecule has 0 heterocycles. The van der Waals surface area contributed by atoms with Crippen molar-refractivity contribution in [2.45, 2.75) is 26.8 Å². The number of nitrogens with one attached hydrogen (secondary N) is 1. The van der Waals surface area contributed by atoms with Crippen molar-refractivity contribution in [1.82, 2.24) is 4.90 Å². The van der Waals surface area contributed by atoms with Crippen LogP contribution in [0.4, 0.5) is 5.69 Å². The maximum absolute atomic E-state index is 12.1. The Bertz CT molecular complexity index is 666. The molecule has 2 rings (SSSR count). The summed E-state index contributed by atoms with van der Waals surface area (Å²) in [5.41, 5.74) is 2.61. The topological polar surface area (TPSA) is 49.4 Å². The van der Waals surface area contributed by atoms with Crippen LogP contribution in [0.3, 0.4) is 0 Å². The molecule has 126 valence electrons. The van der Waals surface area contributed by atoms with Gasteiger partial charge in [-0.25, -0.2) is 0 Å². The summed E-state index contributed by atoms with van der Waals surface area (Å²) in [6.45, 7) is 6.08. The number of Topliss-reactive ketones (excluding diaryl/α,β-unsaturated/α-hetero) is 1. The van der Waals surface area contributed by atoms with Gasteiger partial charge in [-0.3, -0.25) is 14.5 Å². The Morgan fingerprint density at radius 2 is 1.67 bits per heavy atom. The van der Waals surface area contributed by atoms with Crippen LogP contribution in [0.15, 0.2) is 54.6 Å². The molecule has 2 aromatic carbocycles. The summed E-state index contributed by atoms with van der Waals surface area (Å²) in [5.74, 6) is 0.00413. The second-order valence-corrected chi connectivity index (χ2v) is 5.79. The van der Waals surface area contributed by atoms with E-state index in [9.17, 15) is 9.59 Å². The van der Waals surface area contributed by atoms with E-state index in [1.807, 2.05) is 18.2 Å². The zero-order valence-electron chi connectivity index (χ0n) is 14.3. The first-order chi connectivity index (χ1) is 11.6. The third-order valence-electron chi connectivity index (χ3n) is 3.93. The fourth-order valence-corrected chi connectivity index (χ4v) is 2.46. The van der Waals surface area contributed by atoms with Crippen LogP contribution in [0.25, 0.3) is 0 Å². The SMILES string of the molecule is CCN(CCC(=O)Nc1ccc(C(C)=O)cc1)Cc1ccccc1. The molecule has 0 bridgehead atoms. The number of nitrogens with zero attached hydrogens (tertiary/aromatic N) is 1. The number of hydrogen-bond donors (Lipinski definition) is 1. The van der Waals surface area contributed by atoms with Crippen LogP contribution < -0.4 is 5.32 Å². The fraction of sp³-hybridized carbons (Fsp3) is 0.300. The van der Waals surface area contributed by atoms with Crippen LogP contribution in [0.2, 0.25) is 0 Å². The molecule has 1 amide bonds. The van der Waals surface area contributed by atoms with Crippen molar-refractivity contribution in [1.29, 1.82) is 0 Å². The van der Waals surface area contributed by atoms with Gasteiger partial charge in [-0.15, -0.1) is 0 Å². The zero-order chi connectivity index (χ0) is 17.4. The van der Waals surface area contributed by atoms with Crippen LogP contribution in [0, 0.1) is 0 Å². The smallest absolute Gasteiger partial charge is 0.225 e. The van der Waals surface area contributed by atoms with Gasteiger partial charge in [0.25, 0.3) is 0 Å². The Morgan fingerprint density at radius 1 is 1.00 bits per heavy atom. The van der Waals surface area contributed by atoms with Crippen molar-refractivity contribution >= 4 is 17.4 Å². The minimum absolute atomic E-state index is 0.0166. The highest BCUT2D eigenvalue weighted by Gasteiger charge is 2.08. The van der Waals surface area contributed by atoms with E-state index in [1.165, 1.54) is 12.5 Å². The van der Waals surface area contributed by atoms with Crippen LogP contribution in [0.1, 0.15) is 36.2 Å².